The molecule has 2 N–H and O–H groups in total. The molecule has 3 rings (SSSR count). The Balaban J connectivity index is 1.80. The molecule has 0 aromatic heterocycles. The van der Waals surface area contributed by atoms with Crippen LogP contribution < -0.4 is 19.0 Å². The molecule has 0 spiro atoms. The van der Waals surface area contributed by atoms with Crippen LogP contribution >= 0.6 is 0 Å². The highest BCUT2D eigenvalue weighted by molar-refractivity contribution is 7.92. The quantitative estimate of drug-likeness (QED) is 0.351. The van der Waals surface area contributed by atoms with Gasteiger partial charge < -0.3 is 9.47 Å². The Hall–Kier alpha value is -3.57. The standard InChI is InChI=1S/C22H23N3O6S2/c1-16(23-25-33(28,29)20-12-13-21(30-2)22(15-20)31-3)17-8-7-9-18(14-17)24-32(26,27)19-10-5-4-6-11-19/h4-15,24-25H,1-3H3/b23-16-. The number of methoxy groups -OCH3 is 2. The van der Waals surface area contributed by atoms with Crippen molar-refractivity contribution >= 4 is 31.4 Å². The fourth-order valence-electron chi connectivity index (χ4n) is 2.85. The van der Waals surface area contributed by atoms with Crippen LogP contribution in [0.2, 0.25) is 0 Å². The Morgan fingerprint density at radius 1 is 0.758 bits per heavy atom. The Morgan fingerprint density at radius 2 is 1.45 bits per heavy atom. The van der Waals surface area contributed by atoms with Crippen molar-refractivity contribution < 1.29 is 26.3 Å². The Labute approximate surface area is 193 Å². The Bertz CT molecular complexity index is 1370. The zero-order valence-corrected chi connectivity index (χ0v) is 19.8. The monoisotopic (exact) mass is 489 g/mol. The molecular formula is C22H23N3O6S2. The highest BCUT2D eigenvalue weighted by Crippen LogP contribution is 2.29. The highest BCUT2D eigenvalue weighted by atomic mass is 32.2. The number of hydrazone groups is 1. The zero-order chi connectivity index (χ0) is 24.1. The first-order valence-electron chi connectivity index (χ1n) is 9.63. The molecule has 33 heavy (non-hydrogen) atoms. The summed E-state index contributed by atoms with van der Waals surface area (Å²) in [6.07, 6.45) is 0. The number of hydrogen-bond acceptors (Lipinski definition) is 7. The molecule has 0 aliphatic heterocycles. The molecule has 0 fully saturated rings. The Kier molecular flexibility index (Phi) is 7.24. The van der Waals surface area contributed by atoms with Gasteiger partial charge in [0.15, 0.2) is 11.5 Å². The molecule has 0 heterocycles. The fraction of sp³-hybridized carbons (Fsp3) is 0.136. The third-order valence-corrected chi connectivity index (χ3v) is 7.19. The van der Waals surface area contributed by atoms with Crippen molar-refractivity contribution in [3.05, 3.63) is 78.4 Å². The van der Waals surface area contributed by atoms with E-state index in [0.717, 1.165) is 0 Å². The topological polar surface area (TPSA) is 123 Å². The van der Waals surface area contributed by atoms with Crippen LogP contribution in [0.4, 0.5) is 5.69 Å². The van der Waals surface area contributed by atoms with Gasteiger partial charge in [0.05, 0.1) is 29.7 Å². The summed E-state index contributed by atoms with van der Waals surface area (Å²) in [5, 5.41) is 3.97. The smallest absolute Gasteiger partial charge is 0.276 e. The zero-order valence-electron chi connectivity index (χ0n) is 18.1. The number of ether oxygens (including phenoxy) is 2. The summed E-state index contributed by atoms with van der Waals surface area (Å²) >= 11 is 0. The van der Waals surface area contributed by atoms with E-state index in [-0.39, 0.29) is 15.5 Å². The van der Waals surface area contributed by atoms with E-state index in [0.29, 0.717) is 22.7 Å². The minimum Gasteiger partial charge on any atom is -0.493 e. The van der Waals surface area contributed by atoms with Gasteiger partial charge in [-0.3, -0.25) is 4.72 Å². The van der Waals surface area contributed by atoms with Gasteiger partial charge in [0, 0.05) is 11.8 Å². The van der Waals surface area contributed by atoms with Gasteiger partial charge in [0.1, 0.15) is 0 Å². The summed E-state index contributed by atoms with van der Waals surface area (Å²) in [6.45, 7) is 1.60. The number of anilines is 1. The fourth-order valence-corrected chi connectivity index (χ4v) is 4.79. The van der Waals surface area contributed by atoms with E-state index in [9.17, 15) is 16.8 Å². The SMILES string of the molecule is COc1ccc(S(=O)(=O)N/N=C(/C)c2cccc(NS(=O)(=O)c3ccccc3)c2)cc1OC. The van der Waals surface area contributed by atoms with E-state index >= 15 is 0 Å². The third kappa shape index (κ3) is 5.82. The number of benzene rings is 3. The van der Waals surface area contributed by atoms with Crippen molar-refractivity contribution in [2.24, 2.45) is 5.10 Å². The molecule has 0 amide bonds. The molecule has 0 atom stereocenters. The molecule has 9 nitrogen and oxygen atoms in total. The molecule has 0 aliphatic rings. The molecule has 0 radical (unpaired) electrons. The lowest BCUT2D eigenvalue weighted by atomic mass is 10.1. The van der Waals surface area contributed by atoms with Gasteiger partial charge in [-0.2, -0.15) is 18.4 Å². The first-order chi connectivity index (χ1) is 15.7. The molecule has 0 aliphatic carbocycles. The lowest BCUT2D eigenvalue weighted by Gasteiger charge is -2.11. The highest BCUT2D eigenvalue weighted by Gasteiger charge is 2.17. The van der Waals surface area contributed by atoms with E-state index in [1.807, 2.05) is 0 Å². The van der Waals surface area contributed by atoms with Crippen LogP contribution in [0.25, 0.3) is 0 Å². The van der Waals surface area contributed by atoms with Crippen LogP contribution in [0.15, 0.2) is 87.7 Å². The molecule has 0 saturated heterocycles. The average molecular weight is 490 g/mol. The average Bonchev–Trinajstić information content (AvgIpc) is 2.82. The van der Waals surface area contributed by atoms with Gasteiger partial charge in [-0.1, -0.05) is 30.3 Å². The van der Waals surface area contributed by atoms with Crippen LogP contribution in [0.3, 0.4) is 0 Å². The maximum atomic E-state index is 12.6. The molecule has 0 saturated carbocycles. The Morgan fingerprint density at radius 3 is 2.12 bits per heavy atom. The largest absolute Gasteiger partial charge is 0.493 e. The second-order valence-electron chi connectivity index (χ2n) is 6.81. The van der Waals surface area contributed by atoms with E-state index in [4.69, 9.17) is 9.47 Å². The summed E-state index contributed by atoms with van der Waals surface area (Å²) in [4.78, 5) is 2.25. The van der Waals surface area contributed by atoms with Gasteiger partial charge >= 0.3 is 0 Å². The lowest BCUT2D eigenvalue weighted by molar-refractivity contribution is 0.354. The predicted octanol–water partition coefficient (Wildman–Crippen LogP) is 3.21. The second-order valence-corrected chi connectivity index (χ2v) is 10.2. The molecule has 11 heteroatoms. The van der Waals surface area contributed by atoms with Gasteiger partial charge in [0.2, 0.25) is 0 Å². The number of nitrogens with zero attached hydrogens (tertiary/aromatic N) is 1. The number of rotatable bonds is 9. The van der Waals surface area contributed by atoms with Crippen molar-refractivity contribution in [1.29, 1.82) is 0 Å². The molecule has 3 aromatic carbocycles. The predicted molar refractivity (Wildman–Crippen MR) is 126 cm³/mol. The molecule has 0 unspecified atom stereocenters. The van der Waals surface area contributed by atoms with Gasteiger partial charge in [-0.25, -0.2) is 8.42 Å². The van der Waals surface area contributed by atoms with Gasteiger partial charge in [-0.05, 0) is 48.9 Å². The first kappa shape index (κ1) is 24.1. The molecular weight excluding hydrogens is 466 g/mol. The number of nitrogens with one attached hydrogen (secondary N) is 2. The van der Waals surface area contributed by atoms with Crippen LogP contribution in [-0.2, 0) is 20.0 Å². The first-order valence-corrected chi connectivity index (χ1v) is 12.6. The molecule has 3 aromatic rings. The summed E-state index contributed by atoms with van der Waals surface area (Å²) in [7, 11) is -4.89. The number of sulfonamides is 2. The van der Waals surface area contributed by atoms with Crippen molar-refractivity contribution in [1.82, 2.24) is 4.83 Å². The van der Waals surface area contributed by atoms with E-state index in [1.54, 1.807) is 49.4 Å². The summed E-state index contributed by atoms with van der Waals surface area (Å²) in [5.74, 6) is 0.658. The van der Waals surface area contributed by atoms with Crippen molar-refractivity contribution in [2.75, 3.05) is 18.9 Å². The van der Waals surface area contributed by atoms with Crippen LogP contribution in [0.1, 0.15) is 12.5 Å². The minimum atomic E-state index is -3.98. The van der Waals surface area contributed by atoms with E-state index in [1.165, 1.54) is 44.6 Å². The van der Waals surface area contributed by atoms with Crippen LogP contribution in [0, 0.1) is 0 Å². The minimum absolute atomic E-state index is 0.0546. The van der Waals surface area contributed by atoms with Crippen molar-refractivity contribution in [3.63, 3.8) is 0 Å². The second kappa shape index (κ2) is 9.92. The summed E-state index contributed by atoms with van der Waals surface area (Å²) in [6, 6.07) is 18.6. The van der Waals surface area contributed by atoms with Crippen molar-refractivity contribution in [2.45, 2.75) is 16.7 Å². The van der Waals surface area contributed by atoms with Crippen LogP contribution in [0.5, 0.6) is 11.5 Å². The summed E-state index contributed by atoms with van der Waals surface area (Å²) < 4.78 is 63.1. The van der Waals surface area contributed by atoms with Gasteiger partial charge in [-0.15, -0.1) is 0 Å². The molecule has 0 bridgehead atoms. The maximum Gasteiger partial charge on any atom is 0.276 e. The molecule has 174 valence electrons. The third-order valence-electron chi connectivity index (χ3n) is 4.58. The van der Waals surface area contributed by atoms with Crippen molar-refractivity contribution in [3.8, 4) is 11.5 Å². The maximum absolute atomic E-state index is 12.6. The van der Waals surface area contributed by atoms with E-state index < -0.39 is 20.0 Å². The normalized spacial score (nSPS) is 12.2. The number of hydrogen-bond donors (Lipinski definition) is 2. The van der Waals surface area contributed by atoms with E-state index in [2.05, 4.69) is 14.7 Å². The van der Waals surface area contributed by atoms with Crippen LogP contribution in [-0.4, -0.2) is 36.8 Å². The lowest BCUT2D eigenvalue weighted by Crippen LogP contribution is -2.20. The summed E-state index contributed by atoms with van der Waals surface area (Å²) in [5.41, 5.74) is 1.17. The van der Waals surface area contributed by atoms with Gasteiger partial charge in [0.25, 0.3) is 20.0 Å².